The van der Waals surface area contributed by atoms with Crippen molar-refractivity contribution in [3.63, 3.8) is 0 Å². The maximum Gasteiger partial charge on any atom is 0.0861 e. The molecule has 2 aromatic carbocycles. The Kier molecular flexibility index (Phi) is 7.32. The van der Waals surface area contributed by atoms with Crippen molar-refractivity contribution in [2.75, 3.05) is 0 Å². The van der Waals surface area contributed by atoms with Crippen LogP contribution in [-0.2, 0) is 16.6 Å². The zero-order chi connectivity index (χ0) is 24.7. The molecule has 0 heterocycles. The molecule has 0 spiro atoms. The van der Waals surface area contributed by atoms with Crippen molar-refractivity contribution >= 4 is 0 Å². The van der Waals surface area contributed by atoms with Crippen LogP contribution in [0, 0.1) is 17.3 Å². The average Bonchev–Trinajstić information content (AvgIpc) is 2.77. The summed E-state index contributed by atoms with van der Waals surface area (Å²) in [6, 6.07) is 18.1. The lowest BCUT2D eigenvalue weighted by Gasteiger charge is -2.59. The molecular weight excluding hydrogens is 416 g/mol. The summed E-state index contributed by atoms with van der Waals surface area (Å²) < 4.78 is 6.80. The number of rotatable bonds is 7. The first-order valence-corrected chi connectivity index (χ1v) is 13.6. The molecule has 2 heteroatoms. The first-order chi connectivity index (χ1) is 16.0. The van der Waals surface area contributed by atoms with Gasteiger partial charge in [0.05, 0.1) is 18.3 Å². The van der Waals surface area contributed by atoms with E-state index in [1.54, 1.807) is 11.1 Å². The molecule has 0 saturated heterocycles. The maximum absolute atomic E-state index is 9.98. The van der Waals surface area contributed by atoms with E-state index in [4.69, 9.17) is 4.74 Å². The van der Waals surface area contributed by atoms with Crippen molar-refractivity contribution in [3.05, 3.63) is 70.8 Å². The third kappa shape index (κ3) is 4.73. The third-order valence-corrected chi connectivity index (χ3v) is 9.26. The van der Waals surface area contributed by atoms with Crippen LogP contribution in [0.15, 0.2) is 48.5 Å². The highest BCUT2D eigenvalue weighted by Gasteiger charge is 2.55. The summed E-state index contributed by atoms with van der Waals surface area (Å²) in [5, 5.41) is 9.98. The van der Waals surface area contributed by atoms with Gasteiger partial charge in [0.25, 0.3) is 0 Å². The van der Waals surface area contributed by atoms with Gasteiger partial charge in [0, 0.05) is 0 Å². The molecule has 2 aliphatic carbocycles. The van der Waals surface area contributed by atoms with E-state index in [-0.39, 0.29) is 29.1 Å². The third-order valence-electron chi connectivity index (χ3n) is 9.26. The van der Waals surface area contributed by atoms with Crippen molar-refractivity contribution in [2.24, 2.45) is 17.3 Å². The van der Waals surface area contributed by atoms with Gasteiger partial charge in [-0.3, -0.25) is 0 Å². The number of aliphatic hydroxyl groups is 1. The maximum atomic E-state index is 9.98. The van der Waals surface area contributed by atoms with Crippen LogP contribution in [0.3, 0.4) is 0 Å². The highest BCUT2D eigenvalue weighted by Crippen LogP contribution is 2.62. The summed E-state index contributed by atoms with van der Waals surface area (Å²) in [5.74, 6) is 1.62. The van der Waals surface area contributed by atoms with Gasteiger partial charge in [-0.2, -0.15) is 0 Å². The second kappa shape index (κ2) is 9.78. The smallest absolute Gasteiger partial charge is 0.0861 e. The fraction of sp³-hybridized carbons (Fsp3) is 0.625. The van der Waals surface area contributed by atoms with E-state index >= 15 is 0 Å². The molecule has 0 amide bonds. The van der Waals surface area contributed by atoms with Crippen LogP contribution in [0.5, 0.6) is 0 Å². The van der Waals surface area contributed by atoms with E-state index in [1.165, 1.54) is 30.4 Å². The van der Waals surface area contributed by atoms with Crippen LogP contribution in [-0.4, -0.2) is 17.3 Å². The second-order valence-corrected chi connectivity index (χ2v) is 12.4. The summed E-state index contributed by atoms with van der Waals surface area (Å²) in [6.07, 6.45) is 5.19. The molecule has 0 bridgehead atoms. The van der Waals surface area contributed by atoms with Gasteiger partial charge >= 0.3 is 0 Å². The fourth-order valence-corrected chi connectivity index (χ4v) is 7.47. The topological polar surface area (TPSA) is 29.5 Å². The minimum absolute atomic E-state index is 0.0231. The van der Waals surface area contributed by atoms with Crippen LogP contribution >= 0.6 is 0 Å². The SMILES string of the molecule is CC(C)c1ccc2c(c1)[C@@]1(C)CC[C@H]([C@@H](O[C@@H](C)C[C@H](C)O)c3ccccc3)C(C)(C)[C@@H]1CC2. The number of fused-ring (bicyclic) bond motifs is 3. The van der Waals surface area contributed by atoms with E-state index in [9.17, 15) is 5.11 Å². The summed E-state index contributed by atoms with van der Waals surface area (Å²) in [4.78, 5) is 0. The summed E-state index contributed by atoms with van der Waals surface area (Å²) in [5.41, 5.74) is 6.28. The Labute approximate surface area is 208 Å². The standard InChI is InChI=1S/C32H46O2/c1-21(2)26-14-13-24-15-16-29-31(5,6)27(17-18-32(29,7)28(24)20-26)30(25-11-9-8-10-12-25)34-23(4)19-22(3)33/h8-14,20-23,27,29-30,33H,15-19H2,1-7H3/t22-,23-,27+,29-,30-,32+/m0/s1. The van der Waals surface area contributed by atoms with E-state index in [0.717, 1.165) is 6.42 Å². The number of aryl methyl sites for hydroxylation is 1. The Morgan fingerprint density at radius 2 is 1.65 bits per heavy atom. The molecule has 0 radical (unpaired) electrons. The van der Waals surface area contributed by atoms with Crippen LogP contribution in [0.4, 0.5) is 0 Å². The number of hydrogen-bond donors (Lipinski definition) is 1. The Hall–Kier alpha value is -1.64. The lowest BCUT2D eigenvalue weighted by molar-refractivity contribution is -0.123. The molecule has 2 aromatic rings. The first kappa shape index (κ1) is 25.5. The van der Waals surface area contributed by atoms with E-state index in [2.05, 4.69) is 90.1 Å². The predicted molar refractivity (Wildman–Crippen MR) is 142 cm³/mol. The largest absolute Gasteiger partial charge is 0.393 e. The minimum atomic E-state index is -0.348. The molecule has 1 saturated carbocycles. The number of ether oxygens (including phenoxy) is 1. The number of benzene rings is 2. The van der Waals surface area contributed by atoms with E-state index in [0.29, 0.717) is 24.2 Å². The van der Waals surface area contributed by atoms with Crippen molar-refractivity contribution in [1.29, 1.82) is 0 Å². The number of aliphatic hydroxyl groups excluding tert-OH is 1. The molecular formula is C32H46O2. The van der Waals surface area contributed by atoms with Gasteiger partial charge in [0.1, 0.15) is 0 Å². The molecule has 2 aliphatic rings. The zero-order valence-corrected chi connectivity index (χ0v) is 22.5. The fourth-order valence-electron chi connectivity index (χ4n) is 7.47. The average molecular weight is 463 g/mol. The Morgan fingerprint density at radius 3 is 2.29 bits per heavy atom. The van der Waals surface area contributed by atoms with E-state index in [1.807, 2.05) is 6.92 Å². The van der Waals surface area contributed by atoms with Gasteiger partial charge in [-0.15, -0.1) is 0 Å². The van der Waals surface area contributed by atoms with Gasteiger partial charge in [-0.05, 0) is 96.8 Å². The van der Waals surface area contributed by atoms with Crippen LogP contribution in [0.1, 0.15) is 108 Å². The van der Waals surface area contributed by atoms with Crippen LogP contribution in [0.2, 0.25) is 0 Å². The molecule has 1 N–H and O–H groups in total. The van der Waals surface area contributed by atoms with Crippen LogP contribution < -0.4 is 0 Å². The highest BCUT2D eigenvalue weighted by atomic mass is 16.5. The summed E-state index contributed by atoms with van der Waals surface area (Å²) in [6.45, 7) is 16.2. The Morgan fingerprint density at radius 1 is 0.941 bits per heavy atom. The van der Waals surface area contributed by atoms with Gasteiger partial charge in [-0.1, -0.05) is 83.1 Å². The summed E-state index contributed by atoms with van der Waals surface area (Å²) >= 11 is 0. The van der Waals surface area contributed by atoms with Gasteiger partial charge < -0.3 is 9.84 Å². The molecule has 1 fully saturated rings. The first-order valence-electron chi connectivity index (χ1n) is 13.6. The highest BCUT2D eigenvalue weighted by molar-refractivity contribution is 5.42. The van der Waals surface area contributed by atoms with Gasteiger partial charge in [0.2, 0.25) is 0 Å². The van der Waals surface area contributed by atoms with Crippen molar-refractivity contribution in [3.8, 4) is 0 Å². The predicted octanol–water partition coefficient (Wildman–Crippen LogP) is 7.98. The van der Waals surface area contributed by atoms with Crippen LogP contribution in [0.25, 0.3) is 0 Å². The van der Waals surface area contributed by atoms with E-state index < -0.39 is 0 Å². The quantitative estimate of drug-likeness (QED) is 0.452. The van der Waals surface area contributed by atoms with Crippen molar-refractivity contribution in [1.82, 2.24) is 0 Å². The monoisotopic (exact) mass is 462 g/mol. The molecule has 0 aliphatic heterocycles. The lowest BCUT2D eigenvalue weighted by atomic mass is 9.46. The van der Waals surface area contributed by atoms with Crippen molar-refractivity contribution in [2.45, 2.75) is 110 Å². The molecule has 0 aromatic heterocycles. The summed E-state index contributed by atoms with van der Waals surface area (Å²) in [7, 11) is 0. The molecule has 4 rings (SSSR count). The normalized spacial score (nSPS) is 28.6. The molecule has 6 atom stereocenters. The van der Waals surface area contributed by atoms with Gasteiger partial charge in [0.15, 0.2) is 0 Å². The minimum Gasteiger partial charge on any atom is -0.393 e. The molecule has 2 nitrogen and oxygen atoms in total. The molecule has 34 heavy (non-hydrogen) atoms. The molecule has 0 unspecified atom stereocenters. The Balaban J connectivity index is 1.69. The van der Waals surface area contributed by atoms with Crippen molar-refractivity contribution < 1.29 is 9.84 Å². The second-order valence-electron chi connectivity index (χ2n) is 12.4. The molecule has 186 valence electrons. The van der Waals surface area contributed by atoms with Gasteiger partial charge in [-0.25, -0.2) is 0 Å². The zero-order valence-electron chi connectivity index (χ0n) is 22.5. The lowest BCUT2D eigenvalue weighted by Crippen LogP contribution is -2.53. The Bertz CT molecular complexity index is 960. The number of hydrogen-bond acceptors (Lipinski definition) is 2.